The molecule has 1 aromatic rings. The summed E-state index contributed by atoms with van der Waals surface area (Å²) in [6.07, 6.45) is 12.4. The predicted molar refractivity (Wildman–Crippen MR) is 83.7 cm³/mol. The number of H-pyrrole nitrogens is 1. The van der Waals surface area contributed by atoms with Gasteiger partial charge in [0.1, 0.15) is 5.82 Å². The minimum Gasteiger partial charge on any atom is -0.345 e. The van der Waals surface area contributed by atoms with E-state index < -0.39 is 0 Å². The number of aromatic amines is 1. The number of hydrogen-bond acceptors (Lipinski definition) is 1. The van der Waals surface area contributed by atoms with Gasteiger partial charge in [0, 0.05) is 17.8 Å². The SMILES string of the molecule is CCCCCCC(C)c1cnc(C(CC)CCC)[nH]1. The number of hydrogen-bond donors (Lipinski definition) is 1. The Morgan fingerprint density at radius 3 is 2.47 bits per heavy atom. The van der Waals surface area contributed by atoms with Gasteiger partial charge in [-0.2, -0.15) is 0 Å². The molecule has 0 aliphatic carbocycles. The molecule has 0 fully saturated rings. The molecule has 1 heterocycles. The summed E-state index contributed by atoms with van der Waals surface area (Å²) in [6, 6.07) is 0. The maximum Gasteiger partial charge on any atom is 0.109 e. The molecule has 1 aromatic heterocycles. The van der Waals surface area contributed by atoms with E-state index in [1.165, 1.54) is 62.9 Å². The Morgan fingerprint density at radius 1 is 1.05 bits per heavy atom. The summed E-state index contributed by atoms with van der Waals surface area (Å²) in [4.78, 5) is 8.19. The molecule has 0 saturated heterocycles. The van der Waals surface area contributed by atoms with Gasteiger partial charge in [-0.1, -0.05) is 59.8 Å². The molecule has 19 heavy (non-hydrogen) atoms. The van der Waals surface area contributed by atoms with Crippen LogP contribution in [0.25, 0.3) is 0 Å². The van der Waals surface area contributed by atoms with Gasteiger partial charge in [-0.25, -0.2) is 4.98 Å². The first-order valence-corrected chi connectivity index (χ1v) is 8.27. The lowest BCUT2D eigenvalue weighted by Gasteiger charge is -2.11. The van der Waals surface area contributed by atoms with E-state index >= 15 is 0 Å². The first-order valence-electron chi connectivity index (χ1n) is 8.27. The Balaban J connectivity index is 2.48. The lowest BCUT2D eigenvalue weighted by molar-refractivity contribution is 0.557. The van der Waals surface area contributed by atoms with Crippen LogP contribution in [0.15, 0.2) is 6.20 Å². The molecule has 0 aliphatic rings. The molecule has 2 unspecified atom stereocenters. The van der Waals surface area contributed by atoms with Gasteiger partial charge in [0.15, 0.2) is 0 Å². The van der Waals surface area contributed by atoms with Crippen LogP contribution in [0.5, 0.6) is 0 Å². The average Bonchev–Trinajstić information content (AvgIpc) is 2.90. The summed E-state index contributed by atoms with van der Waals surface area (Å²) in [5, 5.41) is 0. The molecule has 0 radical (unpaired) electrons. The Bertz CT molecular complexity index is 330. The smallest absolute Gasteiger partial charge is 0.109 e. The van der Waals surface area contributed by atoms with Crippen LogP contribution in [-0.4, -0.2) is 9.97 Å². The zero-order valence-electron chi connectivity index (χ0n) is 13.3. The second kappa shape index (κ2) is 9.17. The molecule has 0 amide bonds. The van der Waals surface area contributed by atoms with E-state index in [-0.39, 0.29) is 0 Å². The number of unbranched alkanes of at least 4 members (excludes halogenated alkanes) is 3. The molecule has 0 bridgehead atoms. The molecule has 0 spiro atoms. The second-order valence-corrected chi connectivity index (χ2v) is 5.87. The van der Waals surface area contributed by atoms with Gasteiger partial charge in [0.05, 0.1) is 0 Å². The highest BCUT2D eigenvalue weighted by Crippen LogP contribution is 2.26. The number of nitrogens with zero attached hydrogens (tertiary/aromatic N) is 1. The first kappa shape index (κ1) is 16.3. The van der Waals surface area contributed by atoms with Crippen molar-refractivity contribution in [1.29, 1.82) is 0 Å². The van der Waals surface area contributed by atoms with Crippen molar-refractivity contribution in [3.8, 4) is 0 Å². The molecule has 2 nitrogen and oxygen atoms in total. The van der Waals surface area contributed by atoms with Crippen LogP contribution in [0.2, 0.25) is 0 Å². The standard InChI is InChI=1S/C17H32N2/c1-5-8-9-10-12-14(4)16-13-18-17(19-16)15(7-3)11-6-2/h13-15H,5-12H2,1-4H3,(H,18,19). The van der Waals surface area contributed by atoms with E-state index in [9.17, 15) is 0 Å². The average molecular weight is 264 g/mol. The van der Waals surface area contributed by atoms with Crippen LogP contribution in [-0.2, 0) is 0 Å². The summed E-state index contributed by atoms with van der Waals surface area (Å²) in [6.45, 7) is 9.10. The van der Waals surface area contributed by atoms with Gasteiger partial charge >= 0.3 is 0 Å². The van der Waals surface area contributed by atoms with E-state index in [1.54, 1.807) is 0 Å². The van der Waals surface area contributed by atoms with Gasteiger partial charge in [-0.05, 0) is 25.2 Å². The fraction of sp³-hybridized carbons (Fsp3) is 0.824. The highest BCUT2D eigenvalue weighted by molar-refractivity contribution is 5.09. The zero-order valence-corrected chi connectivity index (χ0v) is 13.3. The van der Waals surface area contributed by atoms with Crippen molar-refractivity contribution in [3.63, 3.8) is 0 Å². The Hall–Kier alpha value is -0.790. The summed E-state index contributed by atoms with van der Waals surface area (Å²) in [5.41, 5.74) is 1.33. The number of nitrogens with one attached hydrogen (secondary N) is 1. The topological polar surface area (TPSA) is 28.7 Å². The molecule has 1 rings (SSSR count). The summed E-state index contributed by atoms with van der Waals surface area (Å²) < 4.78 is 0. The Kier molecular flexibility index (Phi) is 7.85. The number of imidazole rings is 1. The Labute approximate surface area is 119 Å². The van der Waals surface area contributed by atoms with Crippen molar-refractivity contribution in [3.05, 3.63) is 17.7 Å². The van der Waals surface area contributed by atoms with E-state index in [0.29, 0.717) is 11.8 Å². The number of aromatic nitrogens is 2. The molecule has 0 aromatic carbocycles. The maximum atomic E-state index is 4.62. The van der Waals surface area contributed by atoms with Crippen LogP contribution in [0.1, 0.15) is 102 Å². The largest absolute Gasteiger partial charge is 0.345 e. The third-order valence-electron chi connectivity index (χ3n) is 4.15. The highest BCUT2D eigenvalue weighted by atomic mass is 14.9. The summed E-state index contributed by atoms with van der Waals surface area (Å²) >= 11 is 0. The predicted octanol–water partition coefficient (Wildman–Crippen LogP) is 5.78. The van der Waals surface area contributed by atoms with Crippen molar-refractivity contribution in [2.45, 2.75) is 90.9 Å². The lowest BCUT2D eigenvalue weighted by atomic mass is 9.99. The molecule has 2 atom stereocenters. The van der Waals surface area contributed by atoms with Crippen LogP contribution >= 0.6 is 0 Å². The van der Waals surface area contributed by atoms with Gasteiger partial charge in [0.2, 0.25) is 0 Å². The first-order chi connectivity index (χ1) is 9.22. The molecular formula is C17H32N2. The fourth-order valence-corrected chi connectivity index (χ4v) is 2.72. The van der Waals surface area contributed by atoms with Crippen molar-refractivity contribution in [2.24, 2.45) is 0 Å². The normalized spacial score (nSPS) is 14.5. The van der Waals surface area contributed by atoms with Gasteiger partial charge in [-0.15, -0.1) is 0 Å². The molecule has 2 heteroatoms. The van der Waals surface area contributed by atoms with Crippen LogP contribution in [0, 0.1) is 0 Å². The second-order valence-electron chi connectivity index (χ2n) is 5.87. The summed E-state index contributed by atoms with van der Waals surface area (Å²) in [5.74, 6) is 2.45. The van der Waals surface area contributed by atoms with E-state index in [0.717, 1.165) is 0 Å². The van der Waals surface area contributed by atoms with Crippen LogP contribution in [0.4, 0.5) is 0 Å². The van der Waals surface area contributed by atoms with Crippen molar-refractivity contribution in [2.75, 3.05) is 0 Å². The highest BCUT2D eigenvalue weighted by Gasteiger charge is 2.14. The van der Waals surface area contributed by atoms with E-state index in [4.69, 9.17) is 0 Å². The lowest BCUT2D eigenvalue weighted by Crippen LogP contribution is -2.00. The third kappa shape index (κ3) is 5.38. The van der Waals surface area contributed by atoms with Crippen molar-refractivity contribution in [1.82, 2.24) is 9.97 Å². The molecule has 0 aliphatic heterocycles. The zero-order chi connectivity index (χ0) is 14.1. The fourth-order valence-electron chi connectivity index (χ4n) is 2.72. The van der Waals surface area contributed by atoms with Gasteiger partial charge in [-0.3, -0.25) is 0 Å². The van der Waals surface area contributed by atoms with E-state index in [1.807, 2.05) is 0 Å². The third-order valence-corrected chi connectivity index (χ3v) is 4.15. The molecule has 1 N–H and O–H groups in total. The molecule has 110 valence electrons. The van der Waals surface area contributed by atoms with Gasteiger partial charge in [0.25, 0.3) is 0 Å². The van der Waals surface area contributed by atoms with E-state index in [2.05, 4.69) is 43.9 Å². The van der Waals surface area contributed by atoms with Gasteiger partial charge < -0.3 is 4.98 Å². The van der Waals surface area contributed by atoms with Crippen molar-refractivity contribution >= 4 is 0 Å². The van der Waals surface area contributed by atoms with Crippen molar-refractivity contribution < 1.29 is 0 Å². The van der Waals surface area contributed by atoms with Crippen LogP contribution < -0.4 is 0 Å². The number of rotatable bonds is 10. The summed E-state index contributed by atoms with van der Waals surface area (Å²) in [7, 11) is 0. The monoisotopic (exact) mass is 264 g/mol. The van der Waals surface area contributed by atoms with Crippen LogP contribution in [0.3, 0.4) is 0 Å². The maximum absolute atomic E-state index is 4.62. The quantitative estimate of drug-likeness (QED) is 0.533. The molecular weight excluding hydrogens is 232 g/mol. The minimum atomic E-state index is 0.617. The minimum absolute atomic E-state index is 0.617. The molecule has 0 saturated carbocycles. The Morgan fingerprint density at radius 2 is 1.84 bits per heavy atom.